The first-order valence-corrected chi connectivity index (χ1v) is 7.04. The Morgan fingerprint density at radius 3 is 2.37 bits per heavy atom. The van der Waals surface area contributed by atoms with Crippen LogP contribution >= 0.6 is 0 Å². The molecule has 0 radical (unpaired) electrons. The minimum Gasteiger partial charge on any atom is -0.481 e. The molecule has 0 bridgehead atoms. The van der Waals surface area contributed by atoms with Crippen molar-refractivity contribution in [1.82, 2.24) is 0 Å². The van der Waals surface area contributed by atoms with Crippen LogP contribution in [0.4, 0.5) is 0 Å². The zero-order valence-electron chi connectivity index (χ0n) is 11.6. The first-order chi connectivity index (χ1) is 8.93. The molecule has 2 saturated carbocycles. The third kappa shape index (κ3) is 3.17. The maximum atomic E-state index is 11.7. The van der Waals surface area contributed by atoms with Crippen molar-refractivity contribution in [2.75, 3.05) is 0 Å². The van der Waals surface area contributed by atoms with Crippen LogP contribution < -0.4 is 0 Å². The summed E-state index contributed by atoms with van der Waals surface area (Å²) in [6.07, 6.45) is 8.53. The molecule has 0 heterocycles. The number of ether oxygens (including phenoxy) is 1. The fourth-order valence-corrected chi connectivity index (χ4v) is 3.08. The van der Waals surface area contributed by atoms with E-state index in [0.717, 1.165) is 25.7 Å². The highest BCUT2D eigenvalue weighted by Gasteiger charge is 2.60. The van der Waals surface area contributed by atoms with Gasteiger partial charge in [0.05, 0.1) is 5.92 Å². The zero-order valence-corrected chi connectivity index (χ0v) is 11.6. The predicted octanol–water partition coefficient (Wildman–Crippen LogP) is 2.78. The lowest BCUT2D eigenvalue weighted by Crippen LogP contribution is -2.19. The van der Waals surface area contributed by atoms with Crippen molar-refractivity contribution >= 4 is 11.9 Å². The molecule has 2 fully saturated rings. The molecular weight excluding hydrogens is 244 g/mol. The second-order valence-corrected chi connectivity index (χ2v) is 6.22. The van der Waals surface area contributed by atoms with Gasteiger partial charge in [0.1, 0.15) is 6.10 Å². The van der Waals surface area contributed by atoms with Gasteiger partial charge in [-0.25, -0.2) is 4.79 Å². The molecule has 1 N–H and O–H groups in total. The van der Waals surface area contributed by atoms with Crippen molar-refractivity contribution in [1.29, 1.82) is 0 Å². The standard InChI is InChI=1S/C15H22O4/c1-15(2)11(13(15)14(17)18)8-9-12(16)19-10-6-4-3-5-7-10/h8-11,13H,3-7H2,1-2H3,(H,17,18)/b9-8-. The summed E-state index contributed by atoms with van der Waals surface area (Å²) in [6.45, 7) is 3.82. The van der Waals surface area contributed by atoms with Gasteiger partial charge >= 0.3 is 11.9 Å². The van der Waals surface area contributed by atoms with Crippen LogP contribution in [0.25, 0.3) is 0 Å². The molecule has 0 amide bonds. The number of aliphatic carboxylic acids is 1. The molecule has 0 aromatic carbocycles. The number of carboxylic acids is 1. The van der Waals surface area contributed by atoms with Crippen LogP contribution in [0, 0.1) is 17.3 Å². The average molecular weight is 266 g/mol. The molecule has 0 spiro atoms. The third-order valence-corrected chi connectivity index (χ3v) is 4.45. The number of allylic oxidation sites excluding steroid dienone is 1. The SMILES string of the molecule is CC1(C)C(/C=C\C(=O)OC2CCCCC2)C1C(=O)O. The Hall–Kier alpha value is -1.32. The molecule has 0 aromatic heterocycles. The van der Waals surface area contributed by atoms with Gasteiger partial charge in [0.25, 0.3) is 0 Å². The lowest BCUT2D eigenvalue weighted by molar-refractivity contribution is -0.144. The molecule has 2 unspecified atom stereocenters. The van der Waals surface area contributed by atoms with E-state index >= 15 is 0 Å². The first kappa shape index (κ1) is 14.1. The van der Waals surface area contributed by atoms with Gasteiger partial charge in [-0.3, -0.25) is 4.79 Å². The highest BCUT2D eigenvalue weighted by molar-refractivity contribution is 5.83. The van der Waals surface area contributed by atoms with E-state index in [4.69, 9.17) is 9.84 Å². The van der Waals surface area contributed by atoms with Crippen molar-refractivity contribution in [2.24, 2.45) is 17.3 Å². The summed E-state index contributed by atoms with van der Waals surface area (Å²) in [7, 11) is 0. The van der Waals surface area contributed by atoms with Gasteiger partial charge in [-0.2, -0.15) is 0 Å². The maximum absolute atomic E-state index is 11.7. The van der Waals surface area contributed by atoms with Gasteiger partial charge < -0.3 is 9.84 Å². The Morgan fingerprint density at radius 1 is 1.21 bits per heavy atom. The van der Waals surface area contributed by atoms with Gasteiger partial charge in [-0.05, 0) is 37.0 Å². The minimum atomic E-state index is -0.791. The van der Waals surface area contributed by atoms with Crippen molar-refractivity contribution in [2.45, 2.75) is 52.1 Å². The quantitative estimate of drug-likeness (QED) is 0.627. The van der Waals surface area contributed by atoms with Crippen molar-refractivity contribution in [3.8, 4) is 0 Å². The highest BCUT2D eigenvalue weighted by Crippen LogP contribution is 2.59. The van der Waals surface area contributed by atoms with Crippen LogP contribution in [0.15, 0.2) is 12.2 Å². The van der Waals surface area contributed by atoms with Gasteiger partial charge in [-0.1, -0.05) is 26.3 Å². The Bertz CT molecular complexity index is 391. The second kappa shape index (κ2) is 5.35. The normalized spacial score (nSPS) is 30.2. The van der Waals surface area contributed by atoms with Crippen LogP contribution in [0.5, 0.6) is 0 Å². The van der Waals surface area contributed by atoms with Crippen LogP contribution in [-0.4, -0.2) is 23.1 Å². The van der Waals surface area contributed by atoms with E-state index in [2.05, 4.69) is 0 Å². The van der Waals surface area contributed by atoms with E-state index in [1.54, 1.807) is 6.08 Å². The fraction of sp³-hybridized carbons (Fsp3) is 0.733. The largest absolute Gasteiger partial charge is 0.481 e. The fourth-order valence-electron chi connectivity index (χ4n) is 3.08. The molecule has 0 saturated heterocycles. The van der Waals surface area contributed by atoms with Gasteiger partial charge in [0.15, 0.2) is 0 Å². The summed E-state index contributed by atoms with van der Waals surface area (Å²) in [5.74, 6) is -1.57. The van der Waals surface area contributed by atoms with Crippen LogP contribution in [0.2, 0.25) is 0 Å². The molecule has 2 aliphatic rings. The number of carboxylic acid groups (broad SMARTS) is 1. The monoisotopic (exact) mass is 266 g/mol. The molecule has 2 atom stereocenters. The number of esters is 1. The number of hydrogen-bond acceptors (Lipinski definition) is 3. The van der Waals surface area contributed by atoms with E-state index < -0.39 is 5.97 Å². The van der Waals surface area contributed by atoms with E-state index in [-0.39, 0.29) is 29.3 Å². The number of hydrogen-bond donors (Lipinski definition) is 1. The molecule has 106 valence electrons. The van der Waals surface area contributed by atoms with Gasteiger partial charge in [0.2, 0.25) is 0 Å². The lowest BCUT2D eigenvalue weighted by atomic mass is 9.98. The molecular formula is C15H22O4. The molecule has 2 rings (SSSR count). The van der Waals surface area contributed by atoms with Crippen LogP contribution in [0.3, 0.4) is 0 Å². The zero-order chi connectivity index (χ0) is 14.0. The molecule has 2 aliphatic carbocycles. The summed E-state index contributed by atoms with van der Waals surface area (Å²) in [4.78, 5) is 22.7. The molecule has 19 heavy (non-hydrogen) atoms. The van der Waals surface area contributed by atoms with E-state index in [1.165, 1.54) is 12.5 Å². The van der Waals surface area contributed by atoms with E-state index in [0.29, 0.717) is 0 Å². The Labute approximate surface area is 113 Å². The predicted molar refractivity (Wildman–Crippen MR) is 70.5 cm³/mol. The smallest absolute Gasteiger partial charge is 0.330 e. The molecule has 0 aliphatic heterocycles. The average Bonchev–Trinajstić information content (AvgIpc) is 2.90. The molecule has 0 aromatic rings. The van der Waals surface area contributed by atoms with Crippen LogP contribution in [0.1, 0.15) is 46.0 Å². The van der Waals surface area contributed by atoms with Crippen molar-refractivity contribution in [3.05, 3.63) is 12.2 Å². The lowest BCUT2D eigenvalue weighted by Gasteiger charge is -2.20. The van der Waals surface area contributed by atoms with Crippen molar-refractivity contribution < 1.29 is 19.4 Å². The van der Waals surface area contributed by atoms with E-state index in [1.807, 2.05) is 13.8 Å². The Balaban J connectivity index is 1.82. The minimum absolute atomic E-state index is 0.0494. The molecule has 4 heteroatoms. The van der Waals surface area contributed by atoms with E-state index in [9.17, 15) is 9.59 Å². The summed E-state index contributed by atoms with van der Waals surface area (Å²) in [5, 5.41) is 9.04. The summed E-state index contributed by atoms with van der Waals surface area (Å²) < 4.78 is 5.36. The number of carbonyl (C=O) groups is 2. The van der Waals surface area contributed by atoms with Gasteiger partial charge in [-0.15, -0.1) is 0 Å². The summed E-state index contributed by atoms with van der Waals surface area (Å²) >= 11 is 0. The third-order valence-electron chi connectivity index (χ3n) is 4.45. The van der Waals surface area contributed by atoms with Gasteiger partial charge in [0, 0.05) is 6.08 Å². The second-order valence-electron chi connectivity index (χ2n) is 6.22. The Morgan fingerprint density at radius 2 is 1.84 bits per heavy atom. The molecule has 4 nitrogen and oxygen atoms in total. The van der Waals surface area contributed by atoms with Crippen LogP contribution in [-0.2, 0) is 14.3 Å². The van der Waals surface area contributed by atoms with Crippen molar-refractivity contribution in [3.63, 3.8) is 0 Å². The Kier molecular flexibility index (Phi) is 3.97. The summed E-state index contributed by atoms with van der Waals surface area (Å²) in [5.41, 5.74) is -0.256. The summed E-state index contributed by atoms with van der Waals surface area (Å²) in [6, 6.07) is 0. The topological polar surface area (TPSA) is 63.6 Å². The highest BCUT2D eigenvalue weighted by atomic mass is 16.5. The number of carbonyl (C=O) groups excluding carboxylic acids is 1. The number of rotatable bonds is 4. The maximum Gasteiger partial charge on any atom is 0.330 e. The first-order valence-electron chi connectivity index (χ1n) is 7.04.